The molecule has 0 spiro atoms. The molecule has 45 heavy (non-hydrogen) atoms. The number of benzene rings is 2. The molecule has 0 saturated carbocycles. The Balaban J connectivity index is 1.14. The standard InChI is InChI=1S/C34H54O11/c1-3-7-33(8-4-1)31-44-29-27-42-25-23-40-21-19-38-17-15-36-13-11-35-12-14-37-16-18-39-20-22-41-24-26-43-28-30-45-32-34-9-5-2-6-10-34/h1-10H,11-32H2. The van der Waals surface area contributed by atoms with Gasteiger partial charge in [-0.25, -0.2) is 0 Å². The molecule has 0 aliphatic carbocycles. The molecule has 2 aromatic rings. The summed E-state index contributed by atoms with van der Waals surface area (Å²) in [6, 6.07) is 20.2. The molecule has 0 aliphatic heterocycles. The van der Waals surface area contributed by atoms with Gasteiger partial charge in [-0.2, -0.15) is 0 Å². The van der Waals surface area contributed by atoms with E-state index in [0.29, 0.717) is 145 Å². The summed E-state index contributed by atoms with van der Waals surface area (Å²) in [7, 11) is 0. The average molecular weight is 639 g/mol. The molecule has 0 radical (unpaired) electrons. The lowest BCUT2D eigenvalue weighted by atomic mass is 10.2. The molecule has 0 heterocycles. The largest absolute Gasteiger partial charge is 0.377 e. The Morgan fingerprint density at radius 3 is 0.600 bits per heavy atom. The fourth-order valence-corrected chi connectivity index (χ4v) is 3.63. The molecule has 0 amide bonds. The van der Waals surface area contributed by atoms with Crippen LogP contribution in [-0.4, -0.2) is 132 Å². The van der Waals surface area contributed by atoms with Crippen LogP contribution in [0.5, 0.6) is 0 Å². The molecule has 0 aromatic heterocycles. The molecule has 2 aromatic carbocycles. The first-order valence-corrected chi connectivity index (χ1v) is 15.9. The summed E-state index contributed by atoms with van der Waals surface area (Å²) in [5, 5.41) is 0. The van der Waals surface area contributed by atoms with Gasteiger partial charge in [0.05, 0.1) is 145 Å². The van der Waals surface area contributed by atoms with Gasteiger partial charge in [0.2, 0.25) is 0 Å². The molecule has 0 saturated heterocycles. The van der Waals surface area contributed by atoms with Crippen LogP contribution in [0.2, 0.25) is 0 Å². The van der Waals surface area contributed by atoms with Crippen LogP contribution in [0.4, 0.5) is 0 Å². The third-order valence-electron chi connectivity index (χ3n) is 5.94. The Bertz CT molecular complexity index is 775. The highest BCUT2D eigenvalue weighted by molar-refractivity contribution is 5.14. The zero-order valence-electron chi connectivity index (χ0n) is 26.8. The van der Waals surface area contributed by atoms with E-state index in [1.54, 1.807) is 0 Å². The number of hydrogen-bond acceptors (Lipinski definition) is 11. The molecule has 256 valence electrons. The average Bonchev–Trinajstić information content (AvgIpc) is 3.08. The summed E-state index contributed by atoms with van der Waals surface area (Å²) in [5.41, 5.74) is 2.32. The molecule has 2 rings (SSSR count). The van der Waals surface area contributed by atoms with Crippen LogP contribution in [-0.2, 0) is 65.3 Å². The van der Waals surface area contributed by atoms with E-state index in [1.165, 1.54) is 0 Å². The highest BCUT2D eigenvalue weighted by Crippen LogP contribution is 2.01. The van der Waals surface area contributed by atoms with Gasteiger partial charge in [0.25, 0.3) is 0 Å². The minimum absolute atomic E-state index is 0.516. The lowest BCUT2D eigenvalue weighted by Gasteiger charge is -2.09. The van der Waals surface area contributed by atoms with Crippen molar-refractivity contribution in [2.24, 2.45) is 0 Å². The SMILES string of the molecule is c1ccc(COCCOCCOCCOCCOCCOCCOCCOCCOCCOCCOCc2ccccc2)cc1. The van der Waals surface area contributed by atoms with Crippen LogP contribution < -0.4 is 0 Å². The van der Waals surface area contributed by atoms with Crippen molar-refractivity contribution in [3.05, 3.63) is 71.8 Å². The van der Waals surface area contributed by atoms with Crippen LogP contribution in [0.1, 0.15) is 11.1 Å². The summed E-state index contributed by atoms with van der Waals surface area (Å²) in [5.74, 6) is 0. The first-order chi connectivity index (χ1) is 22.4. The number of hydrogen-bond donors (Lipinski definition) is 0. The van der Waals surface area contributed by atoms with Crippen LogP contribution >= 0.6 is 0 Å². The highest BCUT2D eigenvalue weighted by atomic mass is 16.6. The number of rotatable bonds is 34. The lowest BCUT2D eigenvalue weighted by molar-refractivity contribution is -0.0279. The zero-order chi connectivity index (χ0) is 31.6. The minimum atomic E-state index is 0.516. The minimum Gasteiger partial charge on any atom is -0.377 e. The molecule has 11 nitrogen and oxygen atoms in total. The van der Waals surface area contributed by atoms with Crippen molar-refractivity contribution in [1.29, 1.82) is 0 Å². The fraction of sp³-hybridized carbons (Fsp3) is 0.647. The van der Waals surface area contributed by atoms with E-state index in [2.05, 4.69) is 0 Å². The van der Waals surface area contributed by atoms with Crippen LogP contribution in [0, 0.1) is 0 Å². The second-order valence-electron chi connectivity index (χ2n) is 9.59. The number of ether oxygens (including phenoxy) is 11. The third kappa shape index (κ3) is 26.9. The van der Waals surface area contributed by atoms with Crippen molar-refractivity contribution in [2.45, 2.75) is 13.2 Å². The molecule has 0 bridgehead atoms. The summed E-state index contributed by atoms with van der Waals surface area (Å²) in [4.78, 5) is 0. The molecule has 0 unspecified atom stereocenters. The second kappa shape index (κ2) is 32.0. The van der Waals surface area contributed by atoms with Gasteiger partial charge in [0.15, 0.2) is 0 Å². The molecule has 0 aliphatic rings. The summed E-state index contributed by atoms with van der Waals surface area (Å²) in [6.45, 7) is 11.8. The predicted molar refractivity (Wildman–Crippen MR) is 170 cm³/mol. The van der Waals surface area contributed by atoms with Crippen LogP contribution in [0.15, 0.2) is 60.7 Å². The van der Waals surface area contributed by atoms with Gasteiger partial charge in [-0.3, -0.25) is 0 Å². The van der Waals surface area contributed by atoms with E-state index in [0.717, 1.165) is 11.1 Å². The summed E-state index contributed by atoms with van der Waals surface area (Å²) < 4.78 is 60.5. The van der Waals surface area contributed by atoms with Crippen molar-refractivity contribution in [3.8, 4) is 0 Å². The van der Waals surface area contributed by atoms with Crippen molar-refractivity contribution in [2.75, 3.05) is 132 Å². The Hall–Kier alpha value is -2.00. The molecule has 11 heteroatoms. The first-order valence-electron chi connectivity index (χ1n) is 15.9. The predicted octanol–water partition coefficient (Wildman–Crippen LogP) is 3.57. The molecular formula is C34H54O11. The van der Waals surface area contributed by atoms with E-state index in [-0.39, 0.29) is 0 Å². The molecule has 0 N–H and O–H groups in total. The second-order valence-corrected chi connectivity index (χ2v) is 9.59. The van der Waals surface area contributed by atoms with Gasteiger partial charge in [-0.05, 0) is 11.1 Å². The van der Waals surface area contributed by atoms with Crippen molar-refractivity contribution in [3.63, 3.8) is 0 Å². The van der Waals surface area contributed by atoms with Crippen LogP contribution in [0.3, 0.4) is 0 Å². The van der Waals surface area contributed by atoms with Crippen molar-refractivity contribution < 1.29 is 52.1 Å². The van der Waals surface area contributed by atoms with E-state index in [1.807, 2.05) is 60.7 Å². The summed E-state index contributed by atoms with van der Waals surface area (Å²) >= 11 is 0. The van der Waals surface area contributed by atoms with Crippen molar-refractivity contribution in [1.82, 2.24) is 0 Å². The van der Waals surface area contributed by atoms with Gasteiger partial charge >= 0.3 is 0 Å². The van der Waals surface area contributed by atoms with Gasteiger partial charge in [0, 0.05) is 0 Å². The molecular weight excluding hydrogens is 584 g/mol. The Labute approximate surface area is 269 Å². The third-order valence-corrected chi connectivity index (χ3v) is 5.94. The van der Waals surface area contributed by atoms with Gasteiger partial charge in [-0.15, -0.1) is 0 Å². The maximum atomic E-state index is 5.57. The Morgan fingerprint density at radius 1 is 0.222 bits per heavy atom. The van der Waals surface area contributed by atoms with Gasteiger partial charge < -0.3 is 52.1 Å². The molecule has 0 fully saturated rings. The lowest BCUT2D eigenvalue weighted by Crippen LogP contribution is -2.15. The van der Waals surface area contributed by atoms with E-state index in [4.69, 9.17) is 52.1 Å². The topological polar surface area (TPSA) is 102 Å². The summed E-state index contributed by atoms with van der Waals surface area (Å²) in [6.07, 6.45) is 0. The normalized spacial score (nSPS) is 11.4. The maximum absolute atomic E-state index is 5.57. The van der Waals surface area contributed by atoms with Gasteiger partial charge in [-0.1, -0.05) is 60.7 Å². The monoisotopic (exact) mass is 638 g/mol. The highest BCUT2D eigenvalue weighted by Gasteiger charge is 1.97. The molecule has 0 atom stereocenters. The van der Waals surface area contributed by atoms with E-state index < -0.39 is 0 Å². The first kappa shape index (κ1) is 39.2. The quantitative estimate of drug-likeness (QED) is 0.105. The van der Waals surface area contributed by atoms with Crippen molar-refractivity contribution >= 4 is 0 Å². The Morgan fingerprint density at radius 2 is 0.400 bits per heavy atom. The zero-order valence-corrected chi connectivity index (χ0v) is 26.8. The van der Waals surface area contributed by atoms with E-state index in [9.17, 15) is 0 Å². The van der Waals surface area contributed by atoms with Gasteiger partial charge in [0.1, 0.15) is 0 Å². The Kier molecular flexibility index (Phi) is 27.8. The fourth-order valence-electron chi connectivity index (χ4n) is 3.63. The van der Waals surface area contributed by atoms with E-state index >= 15 is 0 Å². The van der Waals surface area contributed by atoms with Crippen LogP contribution in [0.25, 0.3) is 0 Å². The smallest absolute Gasteiger partial charge is 0.0718 e. The maximum Gasteiger partial charge on any atom is 0.0718 e.